The fraction of sp³-hybridized carbons (Fsp3) is 0.320. The summed E-state index contributed by atoms with van der Waals surface area (Å²) in [6.45, 7) is 1.80. The molecule has 2 unspecified atom stereocenters. The normalized spacial score (nSPS) is 19.9. The van der Waals surface area contributed by atoms with Gasteiger partial charge < -0.3 is 19.6 Å². The van der Waals surface area contributed by atoms with Gasteiger partial charge in [-0.05, 0) is 48.7 Å². The first-order valence-electron chi connectivity index (χ1n) is 11.1. The summed E-state index contributed by atoms with van der Waals surface area (Å²) < 4.78 is 5.53. The third kappa shape index (κ3) is 3.98. The molecule has 2 aromatic carbocycles. The number of nitrogens with one attached hydrogen (secondary N) is 1. The molecule has 2 aliphatic rings. The highest BCUT2D eigenvalue weighted by molar-refractivity contribution is 5.97. The van der Waals surface area contributed by atoms with E-state index in [4.69, 9.17) is 4.74 Å². The highest BCUT2D eigenvalue weighted by atomic mass is 16.5. The van der Waals surface area contributed by atoms with Gasteiger partial charge >= 0.3 is 0 Å². The summed E-state index contributed by atoms with van der Waals surface area (Å²) in [4.78, 5) is 29.7. The molecule has 33 heavy (non-hydrogen) atoms. The van der Waals surface area contributed by atoms with E-state index in [0.29, 0.717) is 23.3 Å². The van der Waals surface area contributed by atoms with Gasteiger partial charge in [0.05, 0.1) is 25.5 Å². The summed E-state index contributed by atoms with van der Waals surface area (Å²) in [6, 6.07) is 12.4. The van der Waals surface area contributed by atoms with Crippen molar-refractivity contribution in [3.8, 4) is 16.9 Å². The van der Waals surface area contributed by atoms with Crippen LogP contribution in [0.15, 0.2) is 54.9 Å². The lowest BCUT2D eigenvalue weighted by molar-refractivity contribution is 0.0651. The number of hydrogen-bond donors (Lipinski definition) is 2. The SMILES string of the molecule is COc1cc(C(=O)N2CC(O)CC2c2cccc(C(=O)N3CCC3)c2)ccc1-c1cn[nH]c1. The van der Waals surface area contributed by atoms with Crippen molar-refractivity contribution in [2.45, 2.75) is 25.0 Å². The average Bonchev–Trinajstić information content (AvgIpc) is 3.47. The Balaban J connectivity index is 1.42. The van der Waals surface area contributed by atoms with Crippen molar-refractivity contribution in [3.05, 3.63) is 71.5 Å². The lowest BCUT2D eigenvalue weighted by atomic mass is 9.99. The molecule has 2 amide bonds. The van der Waals surface area contributed by atoms with Gasteiger partial charge in [-0.25, -0.2) is 0 Å². The van der Waals surface area contributed by atoms with E-state index in [-0.39, 0.29) is 24.4 Å². The monoisotopic (exact) mass is 446 g/mol. The van der Waals surface area contributed by atoms with Crippen molar-refractivity contribution < 1.29 is 19.4 Å². The second-order valence-corrected chi connectivity index (χ2v) is 8.54. The van der Waals surface area contributed by atoms with E-state index >= 15 is 0 Å². The van der Waals surface area contributed by atoms with Crippen LogP contribution in [0, 0.1) is 0 Å². The van der Waals surface area contributed by atoms with Gasteiger partial charge in [0.15, 0.2) is 0 Å². The first-order chi connectivity index (χ1) is 16.0. The van der Waals surface area contributed by atoms with E-state index in [0.717, 1.165) is 36.2 Å². The first kappa shape index (κ1) is 21.2. The third-order valence-electron chi connectivity index (χ3n) is 6.46. The molecule has 0 aliphatic carbocycles. The Labute approximate surface area is 191 Å². The Morgan fingerprint density at radius 2 is 1.94 bits per heavy atom. The van der Waals surface area contributed by atoms with Gasteiger partial charge in [-0.1, -0.05) is 12.1 Å². The lowest BCUT2D eigenvalue weighted by Crippen LogP contribution is -2.42. The lowest BCUT2D eigenvalue weighted by Gasteiger charge is -2.31. The molecule has 3 aromatic rings. The fourth-order valence-corrected chi connectivity index (χ4v) is 4.56. The Kier molecular flexibility index (Phi) is 5.60. The zero-order chi connectivity index (χ0) is 22.9. The molecule has 3 heterocycles. The summed E-state index contributed by atoms with van der Waals surface area (Å²) >= 11 is 0. The average molecular weight is 447 g/mol. The maximum absolute atomic E-state index is 13.5. The highest BCUT2D eigenvalue weighted by Gasteiger charge is 2.36. The highest BCUT2D eigenvalue weighted by Crippen LogP contribution is 2.36. The van der Waals surface area contributed by atoms with E-state index in [1.165, 1.54) is 0 Å². The minimum absolute atomic E-state index is 0.0130. The molecule has 2 saturated heterocycles. The molecule has 0 bridgehead atoms. The number of methoxy groups -OCH3 is 1. The van der Waals surface area contributed by atoms with Crippen LogP contribution in [0.5, 0.6) is 5.75 Å². The molecule has 0 saturated carbocycles. The molecule has 2 atom stereocenters. The van der Waals surface area contributed by atoms with Crippen molar-refractivity contribution in [2.75, 3.05) is 26.7 Å². The van der Waals surface area contributed by atoms with Crippen LogP contribution in [0.2, 0.25) is 0 Å². The zero-order valence-corrected chi connectivity index (χ0v) is 18.4. The molecule has 2 aliphatic heterocycles. The number of likely N-dealkylation sites (tertiary alicyclic amines) is 2. The molecule has 5 rings (SSSR count). The minimum Gasteiger partial charge on any atom is -0.496 e. The summed E-state index contributed by atoms with van der Waals surface area (Å²) in [6.07, 6.45) is 4.30. The third-order valence-corrected chi connectivity index (χ3v) is 6.46. The quantitative estimate of drug-likeness (QED) is 0.628. The zero-order valence-electron chi connectivity index (χ0n) is 18.4. The second kappa shape index (κ2) is 8.71. The number of aromatic nitrogens is 2. The van der Waals surface area contributed by atoms with Crippen LogP contribution in [-0.4, -0.2) is 69.8 Å². The smallest absolute Gasteiger partial charge is 0.254 e. The first-order valence-corrected chi connectivity index (χ1v) is 11.1. The molecule has 2 N–H and O–H groups in total. The molecule has 8 heteroatoms. The second-order valence-electron chi connectivity index (χ2n) is 8.54. The topological polar surface area (TPSA) is 98.8 Å². The van der Waals surface area contributed by atoms with Crippen molar-refractivity contribution in [3.63, 3.8) is 0 Å². The molecule has 1 aromatic heterocycles. The molecule has 170 valence electrons. The van der Waals surface area contributed by atoms with Crippen molar-refractivity contribution in [1.29, 1.82) is 0 Å². The maximum atomic E-state index is 13.5. The molecule has 0 radical (unpaired) electrons. The number of H-pyrrole nitrogens is 1. The van der Waals surface area contributed by atoms with Gasteiger partial charge in [0.2, 0.25) is 0 Å². The molecule has 2 fully saturated rings. The van der Waals surface area contributed by atoms with Crippen LogP contribution in [0.4, 0.5) is 0 Å². The van der Waals surface area contributed by atoms with Crippen molar-refractivity contribution in [2.24, 2.45) is 0 Å². The van der Waals surface area contributed by atoms with Gasteiger partial charge in [0.1, 0.15) is 5.75 Å². The number of aromatic amines is 1. The number of β-amino-alcohol motifs (C(OH)–C–C–N with tert-alkyl or cyclic N) is 1. The van der Waals surface area contributed by atoms with Crippen LogP contribution in [0.1, 0.15) is 45.2 Å². The van der Waals surface area contributed by atoms with Gasteiger partial charge in [0.25, 0.3) is 11.8 Å². The number of amides is 2. The van der Waals surface area contributed by atoms with Crippen LogP contribution in [0.25, 0.3) is 11.1 Å². The van der Waals surface area contributed by atoms with E-state index in [2.05, 4.69) is 10.2 Å². The predicted octanol–water partition coefficient (Wildman–Crippen LogP) is 2.88. The predicted molar refractivity (Wildman–Crippen MR) is 122 cm³/mol. The van der Waals surface area contributed by atoms with Crippen LogP contribution in [0.3, 0.4) is 0 Å². The molecular weight excluding hydrogens is 420 g/mol. The Morgan fingerprint density at radius 1 is 1.12 bits per heavy atom. The molecular formula is C25H26N4O4. The maximum Gasteiger partial charge on any atom is 0.254 e. The number of benzene rings is 2. The van der Waals surface area contributed by atoms with Crippen molar-refractivity contribution in [1.82, 2.24) is 20.0 Å². The number of carbonyl (C=O) groups excluding carboxylic acids is 2. The van der Waals surface area contributed by atoms with Crippen LogP contribution < -0.4 is 4.74 Å². The summed E-state index contributed by atoms with van der Waals surface area (Å²) in [5.41, 5.74) is 3.65. The van der Waals surface area contributed by atoms with Gasteiger partial charge in [-0.2, -0.15) is 5.10 Å². The van der Waals surface area contributed by atoms with E-state index in [1.807, 2.05) is 29.2 Å². The number of carbonyl (C=O) groups is 2. The standard InChI is InChI=1S/C25H26N4O4/c1-33-23-11-18(6-7-21(23)19-13-26-27-14-19)25(32)29-15-20(30)12-22(29)16-4-2-5-17(10-16)24(31)28-8-3-9-28/h2,4-7,10-11,13-14,20,22,30H,3,8-9,12,15H2,1H3,(H,26,27). The number of rotatable bonds is 5. The largest absolute Gasteiger partial charge is 0.496 e. The van der Waals surface area contributed by atoms with E-state index in [1.54, 1.807) is 42.6 Å². The Bertz CT molecular complexity index is 1170. The fourth-order valence-electron chi connectivity index (χ4n) is 4.56. The minimum atomic E-state index is -0.624. The van der Waals surface area contributed by atoms with Gasteiger partial charge in [0, 0.05) is 48.1 Å². The summed E-state index contributed by atoms with van der Waals surface area (Å²) in [5.74, 6) is 0.396. The van der Waals surface area contributed by atoms with Crippen molar-refractivity contribution >= 4 is 11.8 Å². The number of hydrogen-bond acceptors (Lipinski definition) is 5. The van der Waals surface area contributed by atoms with Gasteiger partial charge in [-0.3, -0.25) is 14.7 Å². The number of ether oxygens (including phenoxy) is 1. The summed E-state index contributed by atoms with van der Waals surface area (Å²) in [5, 5.41) is 17.2. The van der Waals surface area contributed by atoms with Crippen LogP contribution in [-0.2, 0) is 0 Å². The van der Waals surface area contributed by atoms with E-state index < -0.39 is 6.10 Å². The Hall–Kier alpha value is -3.65. The Morgan fingerprint density at radius 3 is 2.64 bits per heavy atom. The number of aliphatic hydroxyl groups is 1. The van der Waals surface area contributed by atoms with E-state index in [9.17, 15) is 14.7 Å². The number of nitrogens with zero attached hydrogens (tertiary/aromatic N) is 3. The van der Waals surface area contributed by atoms with Gasteiger partial charge in [-0.15, -0.1) is 0 Å². The molecule has 0 spiro atoms. The number of aliphatic hydroxyl groups excluding tert-OH is 1. The van der Waals surface area contributed by atoms with Crippen LogP contribution >= 0.6 is 0 Å². The molecule has 8 nitrogen and oxygen atoms in total. The summed E-state index contributed by atoms with van der Waals surface area (Å²) in [7, 11) is 1.57.